The van der Waals surface area contributed by atoms with Crippen molar-refractivity contribution in [2.24, 2.45) is 0 Å². The van der Waals surface area contributed by atoms with Crippen molar-refractivity contribution >= 4 is 0 Å². The second kappa shape index (κ2) is 6.68. The van der Waals surface area contributed by atoms with Gasteiger partial charge in [-0.05, 0) is 38.1 Å². The standard InChI is InChI=1S/C17H19F2NO/c1-4-20-12(3)14-6-5-7-15(18)17(14)21-13-9-8-11(2)16(19)10-13/h5-10,12,20H,4H2,1-3H3. The highest BCUT2D eigenvalue weighted by atomic mass is 19.1. The maximum Gasteiger partial charge on any atom is 0.167 e. The first-order valence-corrected chi connectivity index (χ1v) is 6.98. The molecule has 2 nitrogen and oxygen atoms in total. The molecule has 0 heterocycles. The van der Waals surface area contributed by atoms with E-state index in [0.29, 0.717) is 11.1 Å². The van der Waals surface area contributed by atoms with Crippen LogP contribution in [0, 0.1) is 18.6 Å². The van der Waals surface area contributed by atoms with Crippen molar-refractivity contribution in [3.8, 4) is 11.5 Å². The van der Waals surface area contributed by atoms with Gasteiger partial charge in [0.25, 0.3) is 0 Å². The fourth-order valence-electron chi connectivity index (χ4n) is 2.15. The second-order valence-electron chi connectivity index (χ2n) is 4.95. The Bertz CT molecular complexity index is 628. The highest BCUT2D eigenvalue weighted by molar-refractivity contribution is 5.41. The summed E-state index contributed by atoms with van der Waals surface area (Å²) in [5.41, 5.74) is 1.23. The molecule has 112 valence electrons. The summed E-state index contributed by atoms with van der Waals surface area (Å²) in [5.74, 6) is -0.411. The van der Waals surface area contributed by atoms with Crippen LogP contribution in [0.15, 0.2) is 36.4 Å². The van der Waals surface area contributed by atoms with Gasteiger partial charge >= 0.3 is 0 Å². The lowest BCUT2D eigenvalue weighted by Crippen LogP contribution is -2.18. The number of ether oxygens (including phenoxy) is 1. The predicted octanol–water partition coefficient (Wildman–Crippen LogP) is 4.74. The van der Waals surface area contributed by atoms with Crippen LogP contribution >= 0.6 is 0 Å². The first kappa shape index (κ1) is 15.4. The van der Waals surface area contributed by atoms with Crippen molar-refractivity contribution in [1.82, 2.24) is 5.32 Å². The third-order valence-corrected chi connectivity index (χ3v) is 3.34. The van der Waals surface area contributed by atoms with Gasteiger partial charge in [-0.1, -0.05) is 25.1 Å². The number of hydrogen-bond acceptors (Lipinski definition) is 2. The molecule has 4 heteroatoms. The molecule has 1 N–H and O–H groups in total. The average molecular weight is 291 g/mol. The van der Waals surface area contributed by atoms with Crippen LogP contribution in [-0.2, 0) is 0 Å². The molecule has 2 aromatic rings. The highest BCUT2D eigenvalue weighted by Crippen LogP contribution is 2.32. The molecule has 0 bridgehead atoms. The average Bonchev–Trinajstić information content (AvgIpc) is 2.45. The van der Waals surface area contributed by atoms with E-state index in [1.807, 2.05) is 13.8 Å². The van der Waals surface area contributed by atoms with Gasteiger partial charge in [0, 0.05) is 17.7 Å². The van der Waals surface area contributed by atoms with Crippen molar-refractivity contribution in [3.63, 3.8) is 0 Å². The molecular weight excluding hydrogens is 272 g/mol. The monoisotopic (exact) mass is 291 g/mol. The Hall–Kier alpha value is -1.94. The van der Waals surface area contributed by atoms with Gasteiger partial charge in [-0.2, -0.15) is 0 Å². The smallest absolute Gasteiger partial charge is 0.167 e. The molecule has 0 aromatic heterocycles. The number of rotatable bonds is 5. The summed E-state index contributed by atoms with van der Waals surface area (Å²) >= 11 is 0. The van der Waals surface area contributed by atoms with Crippen LogP contribution in [0.5, 0.6) is 11.5 Å². The molecule has 1 unspecified atom stereocenters. The van der Waals surface area contributed by atoms with Crippen LogP contribution in [0.1, 0.15) is 31.0 Å². The van der Waals surface area contributed by atoms with Gasteiger partial charge < -0.3 is 10.1 Å². The third-order valence-electron chi connectivity index (χ3n) is 3.34. The van der Waals surface area contributed by atoms with E-state index in [2.05, 4.69) is 5.32 Å². The number of para-hydroxylation sites is 1. The van der Waals surface area contributed by atoms with Crippen molar-refractivity contribution in [2.75, 3.05) is 6.54 Å². The predicted molar refractivity (Wildman–Crippen MR) is 79.7 cm³/mol. The second-order valence-corrected chi connectivity index (χ2v) is 4.95. The lowest BCUT2D eigenvalue weighted by Gasteiger charge is -2.18. The third kappa shape index (κ3) is 3.58. The summed E-state index contributed by atoms with van der Waals surface area (Å²) in [6.07, 6.45) is 0. The summed E-state index contributed by atoms with van der Waals surface area (Å²) in [4.78, 5) is 0. The molecule has 0 fully saturated rings. The van der Waals surface area contributed by atoms with Gasteiger partial charge in [-0.3, -0.25) is 0 Å². The van der Waals surface area contributed by atoms with E-state index in [0.717, 1.165) is 6.54 Å². The van der Waals surface area contributed by atoms with E-state index in [-0.39, 0.29) is 23.4 Å². The molecule has 0 radical (unpaired) electrons. The van der Waals surface area contributed by atoms with Crippen LogP contribution in [-0.4, -0.2) is 6.54 Å². The molecule has 2 aromatic carbocycles. The first-order valence-electron chi connectivity index (χ1n) is 6.98. The molecule has 0 aliphatic rings. The largest absolute Gasteiger partial charge is 0.454 e. The summed E-state index contributed by atoms with van der Waals surface area (Å²) in [6, 6.07) is 9.23. The minimum atomic E-state index is -0.460. The number of benzene rings is 2. The fraction of sp³-hybridized carbons (Fsp3) is 0.294. The SMILES string of the molecule is CCNC(C)c1cccc(F)c1Oc1ccc(C)c(F)c1. The molecule has 0 spiro atoms. The van der Waals surface area contributed by atoms with E-state index in [1.54, 1.807) is 31.2 Å². The minimum absolute atomic E-state index is 0.0593. The fourth-order valence-corrected chi connectivity index (χ4v) is 2.15. The zero-order valence-corrected chi connectivity index (χ0v) is 12.4. The van der Waals surface area contributed by atoms with E-state index >= 15 is 0 Å². The normalized spacial score (nSPS) is 12.2. The van der Waals surface area contributed by atoms with Crippen LogP contribution in [0.2, 0.25) is 0 Å². The Labute approximate surface area is 123 Å². The van der Waals surface area contributed by atoms with Gasteiger partial charge in [0.2, 0.25) is 0 Å². The molecule has 0 aliphatic carbocycles. The van der Waals surface area contributed by atoms with Gasteiger partial charge in [0.05, 0.1) is 0 Å². The highest BCUT2D eigenvalue weighted by Gasteiger charge is 2.16. The lowest BCUT2D eigenvalue weighted by molar-refractivity contribution is 0.423. The summed E-state index contributed by atoms with van der Waals surface area (Å²) in [6.45, 7) is 6.34. The molecule has 0 amide bonds. The maximum atomic E-state index is 14.1. The Kier molecular flexibility index (Phi) is 4.91. The number of nitrogens with one attached hydrogen (secondary N) is 1. The zero-order chi connectivity index (χ0) is 15.4. The minimum Gasteiger partial charge on any atom is -0.454 e. The maximum absolute atomic E-state index is 14.1. The Morgan fingerprint density at radius 2 is 1.90 bits per heavy atom. The van der Waals surface area contributed by atoms with Crippen LogP contribution in [0.3, 0.4) is 0 Å². The molecule has 0 aliphatic heterocycles. The summed E-state index contributed by atoms with van der Waals surface area (Å²) in [5, 5.41) is 3.21. The van der Waals surface area contributed by atoms with Crippen LogP contribution in [0.4, 0.5) is 8.78 Å². The first-order chi connectivity index (χ1) is 10.0. The molecule has 0 saturated heterocycles. The van der Waals surface area contributed by atoms with E-state index < -0.39 is 5.82 Å². The van der Waals surface area contributed by atoms with E-state index in [9.17, 15) is 8.78 Å². The van der Waals surface area contributed by atoms with Crippen LogP contribution < -0.4 is 10.1 Å². The summed E-state index contributed by atoms with van der Waals surface area (Å²) < 4.78 is 33.2. The van der Waals surface area contributed by atoms with Gasteiger partial charge in [0.1, 0.15) is 11.6 Å². The quantitative estimate of drug-likeness (QED) is 0.859. The van der Waals surface area contributed by atoms with E-state index in [4.69, 9.17) is 4.74 Å². The Morgan fingerprint density at radius 1 is 1.14 bits per heavy atom. The molecule has 21 heavy (non-hydrogen) atoms. The Balaban J connectivity index is 2.36. The van der Waals surface area contributed by atoms with Crippen molar-refractivity contribution in [2.45, 2.75) is 26.8 Å². The van der Waals surface area contributed by atoms with Crippen LogP contribution in [0.25, 0.3) is 0 Å². The molecule has 2 rings (SSSR count). The molecular formula is C17H19F2NO. The van der Waals surface area contributed by atoms with E-state index in [1.165, 1.54) is 12.1 Å². The topological polar surface area (TPSA) is 21.3 Å². The molecule has 0 saturated carbocycles. The molecule has 1 atom stereocenters. The van der Waals surface area contributed by atoms with Gasteiger partial charge in [0.15, 0.2) is 11.6 Å². The van der Waals surface area contributed by atoms with Crippen molar-refractivity contribution in [1.29, 1.82) is 0 Å². The number of aryl methyl sites for hydroxylation is 1. The number of hydrogen-bond donors (Lipinski definition) is 1. The Morgan fingerprint density at radius 3 is 2.57 bits per heavy atom. The lowest BCUT2D eigenvalue weighted by atomic mass is 10.1. The van der Waals surface area contributed by atoms with Gasteiger partial charge in [-0.25, -0.2) is 8.78 Å². The van der Waals surface area contributed by atoms with Crippen molar-refractivity contribution < 1.29 is 13.5 Å². The summed E-state index contributed by atoms with van der Waals surface area (Å²) in [7, 11) is 0. The number of halogens is 2. The van der Waals surface area contributed by atoms with Crippen molar-refractivity contribution in [3.05, 3.63) is 59.2 Å². The van der Waals surface area contributed by atoms with Gasteiger partial charge in [-0.15, -0.1) is 0 Å². The zero-order valence-electron chi connectivity index (χ0n) is 12.4.